The molecule has 0 spiro atoms. The molecular weight excluding hydrogens is 256 g/mol. The van der Waals surface area contributed by atoms with E-state index in [1.54, 1.807) is 6.26 Å². The molecule has 1 aliphatic rings. The molecule has 1 fully saturated rings. The van der Waals surface area contributed by atoms with Gasteiger partial charge in [0.15, 0.2) is 11.6 Å². The minimum atomic E-state index is -0.208. The van der Waals surface area contributed by atoms with Gasteiger partial charge in [-0.25, -0.2) is 9.67 Å². The number of furan rings is 1. The van der Waals surface area contributed by atoms with E-state index in [1.165, 1.54) is 0 Å². The molecule has 1 aliphatic heterocycles. The van der Waals surface area contributed by atoms with Crippen LogP contribution >= 0.6 is 0 Å². The summed E-state index contributed by atoms with van der Waals surface area (Å²) in [7, 11) is 0. The van der Waals surface area contributed by atoms with E-state index in [0.29, 0.717) is 18.0 Å². The largest absolute Gasteiger partial charge is 0.461 e. The zero-order valence-corrected chi connectivity index (χ0v) is 11.9. The summed E-state index contributed by atoms with van der Waals surface area (Å²) in [4.78, 5) is 16.0. The van der Waals surface area contributed by atoms with E-state index in [9.17, 15) is 4.79 Å². The fraction of sp³-hybridized carbons (Fsp3) is 0.500. The number of carbonyl (C=O) groups is 1. The van der Waals surface area contributed by atoms with Gasteiger partial charge >= 0.3 is 0 Å². The Morgan fingerprint density at radius 3 is 2.80 bits per heavy atom. The average molecular weight is 274 g/mol. The Morgan fingerprint density at radius 2 is 2.25 bits per heavy atom. The molecule has 106 valence electrons. The van der Waals surface area contributed by atoms with Crippen LogP contribution in [0.2, 0.25) is 0 Å². The topological polar surface area (TPSA) is 73.0 Å². The lowest BCUT2D eigenvalue weighted by molar-refractivity contribution is -0.119. The predicted molar refractivity (Wildman–Crippen MR) is 72.8 cm³/mol. The van der Waals surface area contributed by atoms with E-state index < -0.39 is 0 Å². The Kier molecular flexibility index (Phi) is 2.88. The van der Waals surface area contributed by atoms with Gasteiger partial charge in [0.2, 0.25) is 11.7 Å². The first kappa shape index (κ1) is 12.9. The summed E-state index contributed by atoms with van der Waals surface area (Å²) >= 11 is 0. The van der Waals surface area contributed by atoms with Gasteiger partial charge in [-0.1, -0.05) is 0 Å². The maximum atomic E-state index is 11.4. The molecule has 1 saturated heterocycles. The molecule has 3 rings (SSSR count). The first-order valence-electron chi connectivity index (χ1n) is 6.76. The maximum Gasteiger partial charge on any atom is 0.220 e. The van der Waals surface area contributed by atoms with Crippen LogP contribution in [0.1, 0.15) is 45.5 Å². The smallest absolute Gasteiger partial charge is 0.220 e. The van der Waals surface area contributed by atoms with Crippen LogP contribution in [0.3, 0.4) is 0 Å². The number of rotatable bonds is 2. The molecule has 0 aliphatic carbocycles. The molecule has 1 N–H and O–H groups in total. The van der Waals surface area contributed by atoms with E-state index in [0.717, 1.165) is 12.2 Å². The molecule has 0 bridgehead atoms. The van der Waals surface area contributed by atoms with E-state index in [4.69, 9.17) is 4.42 Å². The number of hydrogen-bond donors (Lipinski definition) is 1. The Morgan fingerprint density at radius 1 is 1.45 bits per heavy atom. The third-order valence-corrected chi connectivity index (χ3v) is 3.32. The van der Waals surface area contributed by atoms with Crippen molar-refractivity contribution in [3.63, 3.8) is 0 Å². The Balaban J connectivity index is 2.05. The van der Waals surface area contributed by atoms with E-state index in [2.05, 4.69) is 36.2 Å². The maximum absolute atomic E-state index is 11.4. The molecule has 0 unspecified atom stereocenters. The molecule has 1 amide bonds. The molecule has 2 aromatic heterocycles. The zero-order chi connectivity index (χ0) is 14.3. The van der Waals surface area contributed by atoms with Gasteiger partial charge in [0.05, 0.1) is 17.8 Å². The van der Waals surface area contributed by atoms with Crippen molar-refractivity contribution in [3.05, 3.63) is 24.2 Å². The van der Waals surface area contributed by atoms with Crippen molar-refractivity contribution in [3.8, 4) is 11.6 Å². The highest BCUT2D eigenvalue weighted by molar-refractivity contribution is 5.78. The SMILES string of the molecule is CC(C)(C)n1nc(-c2ccco2)nc1[C@@H]1CCC(=O)N1. The zero-order valence-electron chi connectivity index (χ0n) is 11.9. The molecule has 1 atom stereocenters. The van der Waals surface area contributed by atoms with Crippen LogP contribution in [0, 0.1) is 0 Å². The highest BCUT2D eigenvalue weighted by atomic mass is 16.3. The Bertz CT molecular complexity index is 622. The van der Waals surface area contributed by atoms with Crippen LogP contribution in [0.5, 0.6) is 0 Å². The van der Waals surface area contributed by atoms with Crippen LogP contribution in [0.15, 0.2) is 22.8 Å². The third-order valence-electron chi connectivity index (χ3n) is 3.32. The highest BCUT2D eigenvalue weighted by Gasteiger charge is 2.31. The Hall–Kier alpha value is -2.11. The summed E-state index contributed by atoms with van der Waals surface area (Å²) in [5, 5.41) is 7.50. The average Bonchev–Trinajstić information content (AvgIpc) is 3.06. The van der Waals surface area contributed by atoms with Gasteiger partial charge in [-0.15, -0.1) is 5.10 Å². The minimum absolute atomic E-state index is 0.0676. The lowest BCUT2D eigenvalue weighted by Gasteiger charge is -2.23. The molecule has 0 radical (unpaired) electrons. The summed E-state index contributed by atoms with van der Waals surface area (Å²) in [6, 6.07) is 3.57. The monoisotopic (exact) mass is 274 g/mol. The summed E-state index contributed by atoms with van der Waals surface area (Å²) in [6.45, 7) is 6.19. The van der Waals surface area contributed by atoms with Crippen LogP contribution in [0.4, 0.5) is 0 Å². The number of hydrogen-bond acceptors (Lipinski definition) is 4. The van der Waals surface area contributed by atoms with Crippen molar-refractivity contribution in [2.75, 3.05) is 0 Å². The van der Waals surface area contributed by atoms with Gasteiger partial charge in [-0.2, -0.15) is 0 Å². The second kappa shape index (κ2) is 4.47. The summed E-state index contributed by atoms with van der Waals surface area (Å²) in [6.07, 6.45) is 2.90. The van der Waals surface area contributed by atoms with Gasteiger partial charge < -0.3 is 9.73 Å². The summed E-state index contributed by atoms with van der Waals surface area (Å²) in [5.41, 5.74) is -0.208. The number of aromatic nitrogens is 3. The lowest BCUT2D eigenvalue weighted by atomic mass is 10.1. The molecule has 6 heteroatoms. The van der Waals surface area contributed by atoms with Gasteiger partial charge in [0.1, 0.15) is 0 Å². The molecule has 3 heterocycles. The van der Waals surface area contributed by atoms with Crippen molar-refractivity contribution in [1.29, 1.82) is 0 Å². The molecular formula is C14H18N4O2. The van der Waals surface area contributed by atoms with Crippen molar-refractivity contribution >= 4 is 5.91 Å². The van der Waals surface area contributed by atoms with Crippen LogP contribution in [-0.4, -0.2) is 20.7 Å². The second-order valence-electron chi connectivity index (χ2n) is 6.01. The van der Waals surface area contributed by atoms with Crippen molar-refractivity contribution < 1.29 is 9.21 Å². The van der Waals surface area contributed by atoms with Crippen molar-refractivity contribution in [1.82, 2.24) is 20.1 Å². The highest BCUT2D eigenvalue weighted by Crippen LogP contribution is 2.28. The molecule has 20 heavy (non-hydrogen) atoms. The Labute approximate surface area is 117 Å². The number of nitrogens with zero attached hydrogens (tertiary/aromatic N) is 3. The number of nitrogens with one attached hydrogen (secondary N) is 1. The fourth-order valence-electron chi connectivity index (χ4n) is 2.36. The quantitative estimate of drug-likeness (QED) is 0.911. The number of carbonyl (C=O) groups excluding carboxylic acids is 1. The van der Waals surface area contributed by atoms with Gasteiger partial charge in [0, 0.05) is 6.42 Å². The van der Waals surface area contributed by atoms with E-state index >= 15 is 0 Å². The predicted octanol–water partition coefficient (Wildman–Crippen LogP) is 2.24. The minimum Gasteiger partial charge on any atom is -0.461 e. The van der Waals surface area contributed by atoms with E-state index in [1.807, 2.05) is 16.8 Å². The molecule has 0 aromatic carbocycles. The first-order valence-corrected chi connectivity index (χ1v) is 6.76. The van der Waals surface area contributed by atoms with Gasteiger partial charge in [0.25, 0.3) is 0 Å². The first-order chi connectivity index (χ1) is 9.45. The van der Waals surface area contributed by atoms with Crippen molar-refractivity contribution in [2.24, 2.45) is 0 Å². The normalized spacial score (nSPS) is 19.4. The van der Waals surface area contributed by atoms with Crippen LogP contribution in [-0.2, 0) is 10.3 Å². The molecule has 6 nitrogen and oxygen atoms in total. The van der Waals surface area contributed by atoms with Crippen LogP contribution < -0.4 is 5.32 Å². The van der Waals surface area contributed by atoms with E-state index in [-0.39, 0.29) is 17.5 Å². The molecule has 0 saturated carbocycles. The second-order valence-corrected chi connectivity index (χ2v) is 6.01. The summed E-state index contributed by atoms with van der Waals surface area (Å²) in [5.74, 6) is 2.05. The van der Waals surface area contributed by atoms with Crippen molar-refractivity contribution in [2.45, 2.75) is 45.2 Å². The number of amides is 1. The summed E-state index contributed by atoms with van der Waals surface area (Å²) < 4.78 is 7.23. The third kappa shape index (κ3) is 2.21. The fourth-order valence-corrected chi connectivity index (χ4v) is 2.36. The van der Waals surface area contributed by atoms with Gasteiger partial charge in [-0.3, -0.25) is 4.79 Å². The van der Waals surface area contributed by atoms with Gasteiger partial charge in [-0.05, 0) is 39.3 Å². The lowest BCUT2D eigenvalue weighted by Crippen LogP contribution is -2.30. The molecule has 2 aromatic rings. The van der Waals surface area contributed by atoms with Crippen LogP contribution in [0.25, 0.3) is 11.6 Å². The standard InChI is InChI=1S/C14H18N4O2/c1-14(2,3)18-13(9-6-7-11(19)15-9)16-12(17-18)10-5-4-8-20-10/h4-5,8-9H,6-7H2,1-3H3,(H,15,19)/t9-/m0/s1.